The zero-order valence-corrected chi connectivity index (χ0v) is 37.9. The van der Waals surface area contributed by atoms with Crippen LogP contribution < -0.4 is 0 Å². The second-order valence-corrected chi connectivity index (χ2v) is 18.4. The number of nitrogens with one attached hydrogen (secondary N) is 3. The third kappa shape index (κ3) is 6.02. The van der Waals surface area contributed by atoms with E-state index < -0.39 is 0 Å². The molecule has 16 aromatic rings. The lowest BCUT2D eigenvalue weighted by Gasteiger charge is -2.07. The van der Waals surface area contributed by atoms with E-state index in [0.717, 1.165) is 110 Å². The van der Waals surface area contributed by atoms with Gasteiger partial charge in [0.05, 0.1) is 49.1 Å². The Kier molecular flexibility index (Phi) is 9.23. The van der Waals surface area contributed by atoms with E-state index in [-0.39, 0.29) is 7.43 Å². The molecule has 0 aliphatic rings. The molecule has 7 heteroatoms. The number of hydrogen-bond donors (Lipinski definition) is 3. The summed E-state index contributed by atoms with van der Waals surface area (Å²) in [6.07, 6.45) is 0. The van der Waals surface area contributed by atoms with Gasteiger partial charge < -0.3 is 28.4 Å². The van der Waals surface area contributed by atoms with Crippen molar-refractivity contribution in [3.63, 3.8) is 0 Å². The summed E-state index contributed by atoms with van der Waals surface area (Å²) in [5.74, 6) is 0. The summed E-state index contributed by atoms with van der Waals surface area (Å²) in [6, 6.07) is 72.1. The van der Waals surface area contributed by atoms with Crippen LogP contribution in [-0.4, -0.2) is 19.5 Å². The Morgan fingerprint density at radius 2 is 0.662 bits per heavy atom. The minimum atomic E-state index is 0. The molecular weight excluding hydrogens is 948 g/mol. The van der Waals surface area contributed by atoms with Gasteiger partial charge in [0.2, 0.25) is 0 Å². The molecule has 6 heterocycles. The van der Waals surface area contributed by atoms with Crippen LogP contribution in [0.2, 0.25) is 0 Å². The number of halogens is 1. The first-order chi connectivity index (χ1) is 33.2. The van der Waals surface area contributed by atoms with Crippen molar-refractivity contribution in [3.05, 3.63) is 210 Å². The van der Waals surface area contributed by atoms with Crippen molar-refractivity contribution in [1.82, 2.24) is 19.5 Å². The van der Waals surface area contributed by atoms with Crippen molar-refractivity contribution in [3.8, 4) is 5.69 Å². The van der Waals surface area contributed by atoms with Crippen molar-refractivity contribution in [2.45, 2.75) is 7.43 Å². The molecule has 68 heavy (non-hydrogen) atoms. The van der Waals surface area contributed by atoms with Gasteiger partial charge in [-0.3, -0.25) is 0 Å². The van der Waals surface area contributed by atoms with Crippen molar-refractivity contribution < 1.29 is 8.83 Å². The maximum absolute atomic E-state index is 6.77. The molecule has 3 N–H and O–H groups in total. The van der Waals surface area contributed by atoms with E-state index >= 15 is 0 Å². The highest BCUT2D eigenvalue weighted by atomic mass is 127. The van der Waals surface area contributed by atoms with Gasteiger partial charge in [0.25, 0.3) is 0 Å². The Morgan fingerprint density at radius 3 is 1.10 bits per heavy atom. The minimum Gasteiger partial charge on any atom is -0.455 e. The minimum absolute atomic E-state index is 0. The Morgan fingerprint density at radius 1 is 0.294 bits per heavy atom. The van der Waals surface area contributed by atoms with Gasteiger partial charge in [-0.05, 0) is 120 Å². The van der Waals surface area contributed by atoms with Crippen molar-refractivity contribution in [2.24, 2.45) is 0 Å². The summed E-state index contributed by atoms with van der Waals surface area (Å²) < 4.78 is 17.0. The standard InChI is InChI=1S/C30H18N2O.C24H14N2O.C6H5I.CH4/c1-2-8-18(9-3-1)32-25-13-7-5-11-22(25)28-26(32)17-15-20-19-14-16-24-27(29(19)33-30(20)28)21-10-4-6-12-23(21)31-24;1-3-7-17-15(5-1)21-19(25-17)11-9-13-14-10-12-20-22(24(14)27-23(13)21)16-6-2-4-8-18(16)26-20;7-6-4-2-1-3-5-6;/h1-17,31H;1-12,25-26H;1-5H;1H4. The molecule has 0 fully saturated rings. The van der Waals surface area contributed by atoms with E-state index in [1.54, 1.807) is 0 Å². The summed E-state index contributed by atoms with van der Waals surface area (Å²) in [4.78, 5) is 10.6. The monoisotopic (exact) mass is 988 g/mol. The fourth-order valence-electron chi connectivity index (χ4n) is 10.5. The van der Waals surface area contributed by atoms with Crippen LogP contribution in [0, 0.1) is 3.57 Å². The Bertz CT molecular complexity index is 4460. The lowest BCUT2D eigenvalue weighted by atomic mass is 10.1. The molecule has 0 atom stereocenters. The predicted molar refractivity (Wildman–Crippen MR) is 296 cm³/mol. The van der Waals surface area contributed by atoms with Crippen LogP contribution in [0.3, 0.4) is 0 Å². The van der Waals surface area contributed by atoms with E-state index in [2.05, 4.69) is 230 Å². The predicted octanol–water partition coefficient (Wildman–Crippen LogP) is 18.1. The summed E-state index contributed by atoms with van der Waals surface area (Å²) in [5, 5.41) is 14.1. The lowest BCUT2D eigenvalue weighted by molar-refractivity contribution is 0.676. The molecule has 0 spiro atoms. The van der Waals surface area contributed by atoms with E-state index in [0.29, 0.717) is 0 Å². The van der Waals surface area contributed by atoms with Crippen molar-refractivity contribution in [2.75, 3.05) is 0 Å². The van der Waals surface area contributed by atoms with E-state index in [1.165, 1.54) is 30.6 Å². The summed E-state index contributed by atoms with van der Waals surface area (Å²) in [5.41, 5.74) is 14.0. The zero-order valence-electron chi connectivity index (χ0n) is 35.8. The van der Waals surface area contributed by atoms with Crippen LogP contribution >= 0.6 is 22.6 Å². The molecule has 0 unspecified atom stereocenters. The number of H-pyrrole nitrogens is 3. The maximum atomic E-state index is 6.77. The van der Waals surface area contributed by atoms with Gasteiger partial charge in [-0.25, -0.2) is 0 Å². The maximum Gasteiger partial charge on any atom is 0.145 e. The molecule has 324 valence electrons. The number of nitrogens with zero attached hydrogens (tertiary/aromatic N) is 1. The number of fused-ring (bicyclic) bond motifs is 22. The summed E-state index contributed by atoms with van der Waals surface area (Å²) in [7, 11) is 0. The van der Waals surface area contributed by atoms with Gasteiger partial charge in [0.1, 0.15) is 22.3 Å². The van der Waals surface area contributed by atoms with Crippen LogP contribution in [0.4, 0.5) is 0 Å². The van der Waals surface area contributed by atoms with Crippen molar-refractivity contribution >= 4 is 154 Å². The summed E-state index contributed by atoms with van der Waals surface area (Å²) in [6.45, 7) is 0. The second-order valence-electron chi connectivity index (χ2n) is 17.1. The fourth-order valence-corrected chi connectivity index (χ4v) is 10.9. The second kappa shape index (κ2) is 15.7. The number of aromatic amines is 3. The highest BCUT2D eigenvalue weighted by Crippen LogP contribution is 2.44. The molecule has 6 nitrogen and oxygen atoms in total. The highest BCUT2D eigenvalue weighted by molar-refractivity contribution is 14.1. The van der Waals surface area contributed by atoms with Gasteiger partial charge in [-0.1, -0.05) is 117 Å². The van der Waals surface area contributed by atoms with Crippen LogP contribution in [0.15, 0.2) is 215 Å². The molecule has 0 amide bonds. The van der Waals surface area contributed by atoms with E-state index in [1.807, 2.05) is 18.2 Å². The van der Waals surface area contributed by atoms with Crippen molar-refractivity contribution in [1.29, 1.82) is 0 Å². The molecule has 6 aromatic heterocycles. The third-order valence-electron chi connectivity index (χ3n) is 13.4. The molecule has 16 rings (SSSR count). The fraction of sp³-hybridized carbons (Fsp3) is 0.0164. The van der Waals surface area contributed by atoms with Crippen LogP contribution in [0.1, 0.15) is 7.43 Å². The molecule has 0 saturated carbocycles. The van der Waals surface area contributed by atoms with E-state index in [4.69, 9.17) is 8.83 Å². The number of para-hydroxylation sites is 5. The number of benzene rings is 10. The quantitative estimate of drug-likeness (QED) is 0.143. The highest BCUT2D eigenvalue weighted by Gasteiger charge is 2.21. The lowest BCUT2D eigenvalue weighted by Crippen LogP contribution is -1.92. The topological polar surface area (TPSA) is 78.6 Å². The Hall–Kier alpha value is -8.27. The first-order valence-corrected chi connectivity index (χ1v) is 23.5. The average molecular weight is 989 g/mol. The Labute approximate surface area is 402 Å². The SMILES string of the molecule is C.Ic1ccccc1.c1ccc(-n2c3ccccc3c3c4oc5c(ccc6[nH]c7ccccc7c65)c4ccc32)cc1.c1ccc2c(c1)[nH]c1ccc3c4ccc5[nH]c6ccccc6c5c4oc3c12. The van der Waals surface area contributed by atoms with Crippen LogP contribution in [0.25, 0.3) is 137 Å². The molecule has 0 aliphatic carbocycles. The molecular formula is C61H41IN4O2. The normalized spacial score (nSPS) is 11.8. The van der Waals surface area contributed by atoms with E-state index in [9.17, 15) is 0 Å². The first-order valence-electron chi connectivity index (χ1n) is 22.4. The summed E-state index contributed by atoms with van der Waals surface area (Å²) >= 11 is 2.28. The molecule has 0 bridgehead atoms. The van der Waals surface area contributed by atoms with Crippen LogP contribution in [-0.2, 0) is 0 Å². The van der Waals surface area contributed by atoms with Gasteiger partial charge in [0.15, 0.2) is 0 Å². The van der Waals surface area contributed by atoms with Gasteiger partial charge in [0, 0.05) is 68.9 Å². The zero-order chi connectivity index (χ0) is 44.2. The number of hydrogen-bond acceptors (Lipinski definition) is 2. The van der Waals surface area contributed by atoms with Gasteiger partial charge in [-0.15, -0.1) is 0 Å². The number of aromatic nitrogens is 4. The molecule has 0 aliphatic heterocycles. The number of rotatable bonds is 1. The van der Waals surface area contributed by atoms with Gasteiger partial charge >= 0.3 is 0 Å². The molecule has 0 saturated heterocycles. The molecule has 0 radical (unpaired) electrons. The number of furan rings is 2. The van der Waals surface area contributed by atoms with Gasteiger partial charge in [-0.2, -0.15) is 0 Å². The smallest absolute Gasteiger partial charge is 0.145 e. The molecule has 10 aromatic carbocycles. The average Bonchev–Trinajstić information content (AvgIpc) is 4.23. The van der Waals surface area contributed by atoms with Crippen LogP contribution in [0.5, 0.6) is 0 Å². The Balaban J connectivity index is 0.000000118. The largest absolute Gasteiger partial charge is 0.455 e. The third-order valence-corrected chi connectivity index (χ3v) is 14.1. The first kappa shape index (κ1) is 40.0.